The lowest BCUT2D eigenvalue weighted by Gasteiger charge is -2.18. The quantitative estimate of drug-likeness (QED) is 0.369. The van der Waals surface area contributed by atoms with Gasteiger partial charge in [-0.05, 0) is 41.3 Å². The first-order valence-electron chi connectivity index (χ1n) is 10.4. The summed E-state index contributed by atoms with van der Waals surface area (Å²) in [5.41, 5.74) is 2.75. The molecule has 0 radical (unpaired) electrons. The molecule has 2 aromatic rings. The van der Waals surface area contributed by atoms with E-state index in [4.69, 9.17) is 5.11 Å². The zero-order valence-corrected chi connectivity index (χ0v) is 17.7. The van der Waals surface area contributed by atoms with Crippen LogP contribution in [0.4, 0.5) is 4.39 Å². The van der Waals surface area contributed by atoms with Crippen molar-refractivity contribution in [3.05, 3.63) is 65.5 Å². The molecule has 1 N–H and O–H groups in total. The second-order valence-electron chi connectivity index (χ2n) is 7.52. The van der Waals surface area contributed by atoms with E-state index in [2.05, 4.69) is 6.92 Å². The molecule has 0 atom stereocenters. The number of aliphatic carboxylic acids is 1. The molecule has 0 saturated heterocycles. The number of hydrogen-bond donors (Lipinski definition) is 1. The van der Waals surface area contributed by atoms with Crippen molar-refractivity contribution in [1.29, 1.82) is 0 Å². The number of nitrogens with zero attached hydrogens (tertiary/aromatic N) is 1. The first-order valence-corrected chi connectivity index (χ1v) is 10.4. The van der Waals surface area contributed by atoms with Gasteiger partial charge in [-0.3, -0.25) is 4.79 Å². The Labute approximate surface area is 178 Å². The molecule has 4 nitrogen and oxygen atoms in total. The fraction of sp³-hybridized carbons (Fsp3) is 0.360. The van der Waals surface area contributed by atoms with Gasteiger partial charge in [0.05, 0.1) is 0 Å². The number of amides is 1. The molecule has 160 valence electrons. The van der Waals surface area contributed by atoms with E-state index < -0.39 is 11.8 Å². The van der Waals surface area contributed by atoms with Crippen molar-refractivity contribution in [3.8, 4) is 11.1 Å². The van der Waals surface area contributed by atoms with Crippen LogP contribution in [0.2, 0.25) is 0 Å². The van der Waals surface area contributed by atoms with Crippen LogP contribution in [-0.2, 0) is 16.1 Å². The smallest absolute Gasteiger partial charge is 0.328 e. The van der Waals surface area contributed by atoms with Crippen LogP contribution in [0.5, 0.6) is 0 Å². The summed E-state index contributed by atoms with van der Waals surface area (Å²) in [7, 11) is 1.81. The van der Waals surface area contributed by atoms with E-state index in [-0.39, 0.29) is 11.5 Å². The molecule has 0 aliphatic carbocycles. The van der Waals surface area contributed by atoms with Crippen LogP contribution < -0.4 is 0 Å². The molecule has 5 heteroatoms. The molecule has 0 heterocycles. The second kappa shape index (κ2) is 11.9. The molecule has 1 amide bonds. The average Bonchev–Trinajstić information content (AvgIpc) is 2.72. The van der Waals surface area contributed by atoms with E-state index in [1.165, 1.54) is 31.4 Å². The summed E-state index contributed by atoms with van der Waals surface area (Å²) >= 11 is 0. The summed E-state index contributed by atoms with van der Waals surface area (Å²) in [6, 6.07) is 12.4. The SMILES string of the molecule is CCCCCCCC(=O)N(C)Cc1cccc(-c2ccc(/C=C/C(=O)O)c(F)c2)c1. The third kappa shape index (κ3) is 7.47. The van der Waals surface area contributed by atoms with Gasteiger partial charge in [-0.2, -0.15) is 0 Å². The average molecular weight is 412 g/mol. The Balaban J connectivity index is 2.01. The highest BCUT2D eigenvalue weighted by Crippen LogP contribution is 2.24. The Morgan fingerprint density at radius 1 is 1.03 bits per heavy atom. The molecule has 2 rings (SSSR count). The third-order valence-electron chi connectivity index (χ3n) is 5.01. The van der Waals surface area contributed by atoms with Gasteiger partial charge >= 0.3 is 5.97 Å². The van der Waals surface area contributed by atoms with Gasteiger partial charge in [0.2, 0.25) is 5.91 Å². The molecule has 30 heavy (non-hydrogen) atoms. The molecule has 0 fully saturated rings. The van der Waals surface area contributed by atoms with Gasteiger partial charge in [0.25, 0.3) is 0 Å². The Kier molecular flexibility index (Phi) is 9.26. The fourth-order valence-corrected chi connectivity index (χ4v) is 3.28. The van der Waals surface area contributed by atoms with Crippen molar-refractivity contribution < 1.29 is 19.1 Å². The van der Waals surface area contributed by atoms with E-state index in [1.807, 2.05) is 31.3 Å². The number of carbonyl (C=O) groups excluding carboxylic acids is 1. The number of benzene rings is 2. The Morgan fingerprint density at radius 3 is 2.47 bits per heavy atom. The summed E-state index contributed by atoms with van der Waals surface area (Å²) in [5, 5.41) is 8.68. The molecular formula is C25H30FNO3. The first kappa shape index (κ1) is 23.3. The number of carbonyl (C=O) groups is 2. The second-order valence-corrected chi connectivity index (χ2v) is 7.52. The number of halogens is 1. The summed E-state index contributed by atoms with van der Waals surface area (Å²) < 4.78 is 14.3. The minimum atomic E-state index is -1.12. The van der Waals surface area contributed by atoms with Gasteiger partial charge in [-0.15, -0.1) is 0 Å². The van der Waals surface area contributed by atoms with Crippen LogP contribution in [0.1, 0.15) is 56.6 Å². The van der Waals surface area contributed by atoms with Gasteiger partial charge in [0.1, 0.15) is 5.82 Å². The topological polar surface area (TPSA) is 57.6 Å². The normalized spacial score (nSPS) is 11.0. The van der Waals surface area contributed by atoms with Gasteiger partial charge in [0, 0.05) is 31.7 Å². The summed E-state index contributed by atoms with van der Waals surface area (Å²) in [5.74, 6) is -1.46. The Bertz CT molecular complexity index is 892. The lowest BCUT2D eigenvalue weighted by molar-refractivity contribution is -0.131. The molecule has 0 aliphatic rings. The molecular weight excluding hydrogens is 381 g/mol. The highest BCUT2D eigenvalue weighted by Gasteiger charge is 2.10. The molecule has 2 aromatic carbocycles. The van der Waals surface area contributed by atoms with Gasteiger partial charge in [-0.1, -0.05) is 62.9 Å². The minimum Gasteiger partial charge on any atom is -0.478 e. The summed E-state index contributed by atoms with van der Waals surface area (Å²) in [6.07, 6.45) is 8.31. The maximum Gasteiger partial charge on any atom is 0.328 e. The highest BCUT2D eigenvalue weighted by molar-refractivity contribution is 5.85. The van der Waals surface area contributed by atoms with Crippen molar-refractivity contribution in [2.24, 2.45) is 0 Å². The maximum absolute atomic E-state index is 14.3. The predicted molar refractivity (Wildman–Crippen MR) is 118 cm³/mol. The van der Waals surface area contributed by atoms with Gasteiger partial charge in [0.15, 0.2) is 0 Å². The van der Waals surface area contributed by atoms with Crippen molar-refractivity contribution in [2.75, 3.05) is 7.05 Å². The van der Waals surface area contributed by atoms with Crippen molar-refractivity contribution in [2.45, 2.75) is 52.0 Å². The molecule has 0 unspecified atom stereocenters. The van der Waals surface area contributed by atoms with Crippen molar-refractivity contribution >= 4 is 18.0 Å². The molecule has 0 bridgehead atoms. The largest absolute Gasteiger partial charge is 0.478 e. The molecule has 0 aliphatic heterocycles. The van der Waals surface area contributed by atoms with Crippen LogP contribution in [0, 0.1) is 5.82 Å². The van der Waals surface area contributed by atoms with Crippen LogP contribution in [0.3, 0.4) is 0 Å². The van der Waals surface area contributed by atoms with Gasteiger partial charge < -0.3 is 10.0 Å². The van der Waals surface area contributed by atoms with E-state index >= 15 is 0 Å². The maximum atomic E-state index is 14.3. The highest BCUT2D eigenvalue weighted by atomic mass is 19.1. The first-order chi connectivity index (χ1) is 14.4. The standard InChI is InChI=1S/C25H30FNO3/c1-3-4-5-6-7-11-24(28)27(2)18-19-9-8-10-21(16-19)22-13-12-20(23(26)17-22)14-15-25(29)30/h8-10,12-17H,3-7,11,18H2,1-2H3,(H,29,30)/b15-14+. The zero-order valence-electron chi connectivity index (χ0n) is 17.7. The van der Waals surface area contributed by atoms with Crippen LogP contribution in [0.25, 0.3) is 17.2 Å². The molecule has 0 aromatic heterocycles. The lowest BCUT2D eigenvalue weighted by atomic mass is 10.0. The lowest BCUT2D eigenvalue weighted by Crippen LogP contribution is -2.25. The number of unbranched alkanes of at least 4 members (excludes halogenated alkanes) is 4. The Morgan fingerprint density at radius 2 is 1.77 bits per heavy atom. The van der Waals surface area contributed by atoms with Gasteiger partial charge in [-0.25, -0.2) is 9.18 Å². The minimum absolute atomic E-state index is 0.137. The molecule has 0 spiro atoms. The van der Waals surface area contributed by atoms with Crippen LogP contribution in [0.15, 0.2) is 48.5 Å². The zero-order chi connectivity index (χ0) is 21.9. The number of rotatable bonds is 11. The van der Waals surface area contributed by atoms with Crippen molar-refractivity contribution in [1.82, 2.24) is 4.90 Å². The van der Waals surface area contributed by atoms with Crippen molar-refractivity contribution in [3.63, 3.8) is 0 Å². The van der Waals surface area contributed by atoms with E-state index in [1.54, 1.807) is 17.0 Å². The predicted octanol–water partition coefficient (Wildman–Crippen LogP) is 5.91. The van der Waals surface area contributed by atoms with Crippen LogP contribution >= 0.6 is 0 Å². The number of carboxylic acid groups (broad SMARTS) is 1. The number of carboxylic acids is 1. The number of hydrogen-bond acceptors (Lipinski definition) is 2. The fourth-order valence-electron chi connectivity index (χ4n) is 3.28. The summed E-state index contributed by atoms with van der Waals surface area (Å²) in [4.78, 5) is 24.7. The van der Waals surface area contributed by atoms with E-state index in [9.17, 15) is 14.0 Å². The van der Waals surface area contributed by atoms with Crippen LogP contribution in [-0.4, -0.2) is 28.9 Å². The monoisotopic (exact) mass is 411 g/mol. The van der Waals surface area contributed by atoms with E-state index in [0.29, 0.717) is 18.5 Å². The summed E-state index contributed by atoms with van der Waals surface area (Å²) in [6.45, 7) is 2.68. The Hall–Kier alpha value is -2.95. The third-order valence-corrected chi connectivity index (χ3v) is 5.01. The molecule has 0 saturated carbocycles. The van der Waals surface area contributed by atoms with E-state index in [0.717, 1.165) is 30.0 Å².